The lowest BCUT2D eigenvalue weighted by atomic mass is 10.3. The second-order valence-corrected chi connectivity index (χ2v) is 8.39. The van der Waals surface area contributed by atoms with E-state index in [1.165, 1.54) is 23.7 Å². The summed E-state index contributed by atoms with van der Waals surface area (Å²) in [6, 6.07) is 20.3. The number of quaternary nitrogens is 1. The molecule has 6 rings (SSSR count). The van der Waals surface area contributed by atoms with Crippen molar-refractivity contribution in [3.05, 3.63) is 116 Å². The van der Waals surface area contributed by atoms with Gasteiger partial charge in [-0.2, -0.15) is 21.1 Å². The monoisotopic (exact) mass is 559 g/mol. The van der Waals surface area contributed by atoms with E-state index in [0.29, 0.717) is 39.9 Å². The van der Waals surface area contributed by atoms with Crippen molar-refractivity contribution >= 4 is 40.6 Å². The lowest BCUT2D eigenvalue weighted by Crippen LogP contribution is -3.13. The van der Waals surface area contributed by atoms with Gasteiger partial charge in [0.15, 0.2) is 11.5 Å². The highest BCUT2D eigenvalue weighted by molar-refractivity contribution is 5.72. The average molecular weight is 560 g/mol. The molecule has 206 valence electrons. The summed E-state index contributed by atoms with van der Waals surface area (Å²) in [6.45, 7) is 0. The third-order valence-electron chi connectivity index (χ3n) is 5.75. The van der Waals surface area contributed by atoms with Crippen LogP contribution in [0.15, 0.2) is 116 Å². The maximum Gasteiger partial charge on any atom is 0.303 e. The first-order chi connectivity index (χ1) is 20.8. The number of nitrogens with one attached hydrogen (secondary N) is 2. The van der Waals surface area contributed by atoms with Gasteiger partial charge in [-0.25, -0.2) is 19.9 Å². The van der Waals surface area contributed by atoms with Crippen LogP contribution in [0.25, 0.3) is 0 Å². The van der Waals surface area contributed by atoms with E-state index in [9.17, 15) is 0 Å². The molecule has 16 nitrogen and oxygen atoms in total. The normalized spacial score (nSPS) is 11.4. The van der Waals surface area contributed by atoms with E-state index in [0.717, 1.165) is 5.69 Å². The van der Waals surface area contributed by atoms with Crippen LogP contribution in [0.4, 0.5) is 40.6 Å². The van der Waals surface area contributed by atoms with Gasteiger partial charge in [-0.05, 0) is 41.6 Å². The SMILES string of the molecule is NN(c1cnccn1)[NH+](c1ccnnn1)c1nnccc1N(c1ncccn1)N(Nc1ccccc1)c1ccccn1. The van der Waals surface area contributed by atoms with Gasteiger partial charge in [0.1, 0.15) is 0 Å². The molecule has 0 aliphatic heterocycles. The molecule has 5 heterocycles. The highest BCUT2D eigenvalue weighted by Crippen LogP contribution is 2.31. The molecule has 0 radical (unpaired) electrons. The fraction of sp³-hybridized carbons (Fsp3) is 0. The molecule has 5 aromatic heterocycles. The van der Waals surface area contributed by atoms with Crippen LogP contribution in [0.1, 0.15) is 0 Å². The molecule has 42 heavy (non-hydrogen) atoms. The van der Waals surface area contributed by atoms with E-state index in [-0.39, 0.29) is 0 Å². The van der Waals surface area contributed by atoms with Crippen molar-refractivity contribution in [3.8, 4) is 0 Å². The van der Waals surface area contributed by atoms with Crippen molar-refractivity contribution < 1.29 is 5.01 Å². The number of hydrogen-bond acceptors (Lipinski definition) is 15. The maximum absolute atomic E-state index is 6.67. The van der Waals surface area contributed by atoms with E-state index in [4.69, 9.17) is 5.84 Å². The molecule has 0 amide bonds. The van der Waals surface area contributed by atoms with Gasteiger partial charge < -0.3 is 0 Å². The molecular weight excluding hydrogens is 536 g/mol. The summed E-state index contributed by atoms with van der Waals surface area (Å²) in [7, 11) is 0. The number of pyridine rings is 1. The summed E-state index contributed by atoms with van der Waals surface area (Å²) in [5.74, 6) is 8.48. The third-order valence-corrected chi connectivity index (χ3v) is 5.75. The summed E-state index contributed by atoms with van der Waals surface area (Å²) < 4.78 is 0. The Kier molecular flexibility index (Phi) is 7.60. The molecule has 6 aromatic rings. The minimum Gasteiger partial charge on any atom is -0.278 e. The fourth-order valence-corrected chi connectivity index (χ4v) is 3.95. The quantitative estimate of drug-likeness (QED) is 0.161. The van der Waals surface area contributed by atoms with Crippen molar-refractivity contribution in [1.29, 1.82) is 0 Å². The smallest absolute Gasteiger partial charge is 0.278 e. The Labute approximate surface area is 239 Å². The highest BCUT2D eigenvalue weighted by Gasteiger charge is 2.36. The maximum atomic E-state index is 6.67. The number of hydrazine groups is 3. The number of nitrogens with zero attached hydrogens (tertiary/aromatic N) is 13. The van der Waals surface area contributed by atoms with Crippen LogP contribution >= 0.6 is 0 Å². The Hall–Kier alpha value is -6.26. The van der Waals surface area contributed by atoms with Crippen LogP contribution in [-0.4, -0.2) is 50.5 Å². The average Bonchev–Trinajstić information content (AvgIpc) is 3.07. The van der Waals surface area contributed by atoms with Crippen LogP contribution in [0.5, 0.6) is 0 Å². The van der Waals surface area contributed by atoms with E-state index in [2.05, 4.69) is 56.0 Å². The number of para-hydroxylation sites is 1. The molecule has 0 saturated carbocycles. The van der Waals surface area contributed by atoms with Gasteiger partial charge in [0.2, 0.25) is 5.82 Å². The Morgan fingerprint density at radius 1 is 0.667 bits per heavy atom. The summed E-state index contributed by atoms with van der Waals surface area (Å²) >= 11 is 0. The number of benzene rings is 1. The molecule has 0 aliphatic rings. The molecule has 1 aromatic carbocycles. The molecule has 1 unspecified atom stereocenters. The molecule has 0 fully saturated rings. The second-order valence-electron chi connectivity index (χ2n) is 8.39. The lowest BCUT2D eigenvalue weighted by molar-refractivity contribution is -0.778. The van der Waals surface area contributed by atoms with E-state index < -0.39 is 0 Å². The minimum atomic E-state index is 0.295. The second kappa shape index (κ2) is 12.3. The molecule has 16 heteroatoms. The first kappa shape index (κ1) is 26.0. The predicted molar refractivity (Wildman–Crippen MR) is 152 cm³/mol. The van der Waals surface area contributed by atoms with Crippen molar-refractivity contribution in [1.82, 2.24) is 50.5 Å². The Bertz CT molecular complexity index is 1680. The van der Waals surface area contributed by atoms with Gasteiger partial charge in [0.25, 0.3) is 11.8 Å². The molecule has 0 aliphatic carbocycles. The van der Waals surface area contributed by atoms with E-state index in [1.54, 1.807) is 59.3 Å². The van der Waals surface area contributed by atoms with Gasteiger partial charge in [-0.1, -0.05) is 34.5 Å². The van der Waals surface area contributed by atoms with Crippen LogP contribution in [0, 0.1) is 0 Å². The molecule has 1 atom stereocenters. The van der Waals surface area contributed by atoms with E-state index >= 15 is 0 Å². The number of aromatic nitrogens is 10. The van der Waals surface area contributed by atoms with Crippen LogP contribution in [-0.2, 0) is 0 Å². The largest absolute Gasteiger partial charge is 0.303 e. The third kappa shape index (κ3) is 5.55. The molecule has 0 spiro atoms. The summed E-state index contributed by atoms with van der Waals surface area (Å²) in [4.78, 5) is 22.2. The zero-order chi connectivity index (χ0) is 28.6. The standard InChI is InChI=1S/C26H22N16/c27-41(24-19-28-17-18-30-24)40(23-11-16-34-38-35-23)25-21(10-15-33-36-25)39(26-31-13-6-14-32-26)42(22-9-4-5-12-29-22)37-20-7-2-1-3-8-20/h1-19,37H,27H2/p+1. The first-order valence-electron chi connectivity index (χ1n) is 12.5. The van der Waals surface area contributed by atoms with E-state index in [1.807, 2.05) is 48.5 Å². The number of hydrogen-bond donors (Lipinski definition) is 3. The number of anilines is 5. The predicted octanol–water partition coefficient (Wildman–Crippen LogP) is 1.37. The summed E-state index contributed by atoms with van der Waals surface area (Å²) in [5, 5.41) is 25.6. The minimum absolute atomic E-state index is 0.295. The highest BCUT2D eigenvalue weighted by atomic mass is 15.8. The van der Waals surface area contributed by atoms with Gasteiger partial charge in [0, 0.05) is 37.1 Å². The van der Waals surface area contributed by atoms with Gasteiger partial charge >= 0.3 is 5.82 Å². The Balaban J connectivity index is 1.57. The lowest BCUT2D eigenvalue weighted by Gasteiger charge is -2.36. The van der Waals surface area contributed by atoms with Crippen molar-refractivity contribution in [2.75, 3.05) is 20.7 Å². The van der Waals surface area contributed by atoms with Crippen LogP contribution < -0.4 is 31.5 Å². The van der Waals surface area contributed by atoms with Crippen molar-refractivity contribution in [2.24, 2.45) is 5.84 Å². The zero-order valence-corrected chi connectivity index (χ0v) is 21.9. The molecule has 0 saturated heterocycles. The van der Waals surface area contributed by atoms with Crippen molar-refractivity contribution in [3.63, 3.8) is 0 Å². The van der Waals surface area contributed by atoms with Crippen LogP contribution in [0.2, 0.25) is 0 Å². The topological polar surface area (TPSA) is 181 Å². The Morgan fingerprint density at radius 3 is 2.19 bits per heavy atom. The molecule has 4 N–H and O–H groups in total. The number of nitrogens with two attached hydrogens (primary N) is 1. The first-order valence-corrected chi connectivity index (χ1v) is 12.5. The summed E-state index contributed by atoms with van der Waals surface area (Å²) in [5.41, 5.74) is 4.66. The van der Waals surface area contributed by atoms with Gasteiger partial charge in [0.05, 0.1) is 24.3 Å². The van der Waals surface area contributed by atoms with Crippen molar-refractivity contribution in [2.45, 2.75) is 0 Å². The van der Waals surface area contributed by atoms with Gasteiger partial charge in [-0.15, -0.1) is 15.2 Å². The fourth-order valence-electron chi connectivity index (χ4n) is 3.95. The Morgan fingerprint density at radius 2 is 1.45 bits per heavy atom. The zero-order valence-electron chi connectivity index (χ0n) is 21.9. The van der Waals surface area contributed by atoms with Crippen LogP contribution in [0.3, 0.4) is 0 Å². The van der Waals surface area contributed by atoms with Gasteiger partial charge in [-0.3, -0.25) is 10.4 Å². The number of rotatable bonds is 10. The molecular formula is C26H23N16+. The summed E-state index contributed by atoms with van der Waals surface area (Å²) in [6.07, 6.45) is 12.6. The molecule has 0 bridgehead atoms.